The van der Waals surface area contributed by atoms with E-state index in [1.807, 2.05) is 22.8 Å². The number of methoxy groups -OCH3 is 2. The second-order valence-electron chi connectivity index (χ2n) is 6.21. The normalized spacial score (nSPS) is 16.6. The van der Waals surface area contributed by atoms with E-state index in [1.165, 1.54) is 0 Å². The van der Waals surface area contributed by atoms with Crippen LogP contribution in [0, 0.1) is 10.7 Å². The molecular weight excluding hydrogens is 374 g/mol. The number of aromatic amines is 1. The van der Waals surface area contributed by atoms with Crippen molar-refractivity contribution in [3.05, 3.63) is 39.4 Å². The summed E-state index contributed by atoms with van der Waals surface area (Å²) < 4.78 is 13.2. The maximum absolute atomic E-state index is 12.0. The Hall–Kier alpha value is -1.83. The van der Waals surface area contributed by atoms with Crippen LogP contribution in [0.4, 0.5) is 0 Å². The lowest BCUT2D eigenvalue weighted by Crippen LogP contribution is -2.33. The van der Waals surface area contributed by atoms with E-state index in [1.54, 1.807) is 20.3 Å². The minimum absolute atomic E-state index is 0. The lowest BCUT2D eigenvalue weighted by Gasteiger charge is -2.25. The van der Waals surface area contributed by atoms with E-state index >= 15 is 0 Å². The zero-order chi connectivity index (χ0) is 17.8. The number of nitrogens with one attached hydrogen (secondary N) is 2. The molecule has 0 aliphatic carbocycles. The van der Waals surface area contributed by atoms with E-state index in [9.17, 15) is 4.79 Å². The van der Waals surface area contributed by atoms with Gasteiger partial charge in [-0.3, -0.25) is 9.78 Å². The zero-order valence-electron chi connectivity index (χ0n) is 14.9. The first-order valence-electron chi connectivity index (χ1n) is 8.39. The van der Waals surface area contributed by atoms with Crippen molar-refractivity contribution in [1.29, 1.82) is 0 Å². The summed E-state index contributed by atoms with van der Waals surface area (Å²) in [6, 6.07) is 7.15. The molecule has 1 aromatic carbocycles. The van der Waals surface area contributed by atoms with Gasteiger partial charge in [-0.2, -0.15) is 0 Å². The van der Waals surface area contributed by atoms with Crippen molar-refractivity contribution >= 4 is 24.6 Å². The lowest BCUT2D eigenvalue weighted by molar-refractivity contribution is 0.335. The molecule has 1 saturated heterocycles. The summed E-state index contributed by atoms with van der Waals surface area (Å²) >= 11 is 5.45. The van der Waals surface area contributed by atoms with Gasteiger partial charge in [0.05, 0.1) is 19.9 Å². The minimum Gasteiger partial charge on any atom is -0.497 e. The number of rotatable bonds is 5. The van der Waals surface area contributed by atoms with Crippen molar-refractivity contribution in [3.8, 4) is 22.8 Å². The van der Waals surface area contributed by atoms with Gasteiger partial charge in [-0.05, 0) is 56.2 Å². The maximum atomic E-state index is 12.0. The molecule has 2 aromatic rings. The van der Waals surface area contributed by atoms with Crippen LogP contribution in [0.25, 0.3) is 11.3 Å². The van der Waals surface area contributed by atoms with Crippen LogP contribution in [0.2, 0.25) is 0 Å². The molecule has 0 bridgehead atoms. The van der Waals surface area contributed by atoms with Gasteiger partial charge in [0.2, 0.25) is 0 Å². The van der Waals surface area contributed by atoms with Gasteiger partial charge in [0.15, 0.2) is 4.77 Å². The summed E-state index contributed by atoms with van der Waals surface area (Å²) in [6.45, 7) is 2.78. The minimum atomic E-state index is -0.212. The Morgan fingerprint density at radius 3 is 2.73 bits per heavy atom. The second-order valence-corrected chi connectivity index (χ2v) is 6.60. The summed E-state index contributed by atoms with van der Waals surface area (Å²) in [7, 11) is 3.22. The van der Waals surface area contributed by atoms with Crippen LogP contribution in [-0.4, -0.2) is 36.9 Å². The van der Waals surface area contributed by atoms with Crippen molar-refractivity contribution in [2.45, 2.75) is 19.4 Å². The molecule has 0 saturated carbocycles. The number of nitrogens with zero attached hydrogens (tertiary/aromatic N) is 1. The number of piperidine rings is 1. The Labute approximate surface area is 164 Å². The topological polar surface area (TPSA) is 68.3 Å². The van der Waals surface area contributed by atoms with Crippen LogP contribution >= 0.6 is 24.6 Å². The standard InChI is InChI=1S/C18H23N3O3S.ClH/c1-23-13-5-6-14(16(8-13)24-2)15-9-17(22)20-18(25)21(15)11-12-4-3-7-19-10-12;/h5-6,8-9,12,19H,3-4,7,10-11H2,1-2H3,(H,20,22,25);1H/t12-;/m1./s1. The van der Waals surface area contributed by atoms with Gasteiger partial charge in [-0.15, -0.1) is 12.4 Å². The number of H-pyrrole nitrogens is 1. The lowest BCUT2D eigenvalue weighted by atomic mass is 9.99. The van der Waals surface area contributed by atoms with E-state index in [0.29, 0.717) is 22.2 Å². The summed E-state index contributed by atoms with van der Waals surface area (Å²) in [5.41, 5.74) is 1.37. The fourth-order valence-electron chi connectivity index (χ4n) is 3.27. The number of aromatic nitrogens is 2. The fourth-order valence-corrected chi connectivity index (χ4v) is 3.55. The Balaban J connectivity index is 0.00000243. The van der Waals surface area contributed by atoms with Crippen molar-refractivity contribution in [3.63, 3.8) is 0 Å². The Bertz CT molecular complexity index is 859. The number of hydrogen-bond acceptors (Lipinski definition) is 5. The fraction of sp³-hybridized carbons (Fsp3) is 0.444. The monoisotopic (exact) mass is 397 g/mol. The molecule has 142 valence electrons. The van der Waals surface area contributed by atoms with Crippen LogP contribution in [0.3, 0.4) is 0 Å². The zero-order valence-corrected chi connectivity index (χ0v) is 16.5. The van der Waals surface area contributed by atoms with Crippen molar-refractivity contribution in [2.24, 2.45) is 5.92 Å². The Kier molecular flexibility index (Phi) is 7.25. The highest BCUT2D eigenvalue weighted by Crippen LogP contribution is 2.33. The summed E-state index contributed by atoms with van der Waals surface area (Å²) in [5, 5.41) is 3.42. The van der Waals surface area contributed by atoms with Gasteiger partial charge in [-0.25, -0.2) is 0 Å². The summed E-state index contributed by atoms with van der Waals surface area (Å²) in [5.74, 6) is 1.83. The molecule has 8 heteroatoms. The first kappa shape index (κ1) is 20.5. The predicted molar refractivity (Wildman–Crippen MR) is 107 cm³/mol. The van der Waals surface area contributed by atoms with Crippen molar-refractivity contribution in [1.82, 2.24) is 14.9 Å². The van der Waals surface area contributed by atoms with Gasteiger partial charge in [0.1, 0.15) is 11.5 Å². The molecule has 2 N–H and O–H groups in total. The average Bonchev–Trinajstić information content (AvgIpc) is 2.64. The smallest absolute Gasteiger partial charge is 0.252 e. The molecule has 0 unspecified atom stereocenters. The molecule has 0 amide bonds. The Morgan fingerprint density at radius 1 is 1.27 bits per heavy atom. The van der Waals surface area contributed by atoms with Gasteiger partial charge < -0.3 is 19.4 Å². The van der Waals surface area contributed by atoms with Crippen molar-refractivity contribution < 1.29 is 9.47 Å². The van der Waals surface area contributed by atoms with Crippen LogP contribution in [-0.2, 0) is 6.54 Å². The van der Waals surface area contributed by atoms with Crippen LogP contribution in [0.1, 0.15) is 12.8 Å². The quantitative estimate of drug-likeness (QED) is 0.759. The molecule has 1 aliphatic heterocycles. The highest BCUT2D eigenvalue weighted by molar-refractivity contribution is 7.71. The molecule has 6 nitrogen and oxygen atoms in total. The van der Waals surface area contributed by atoms with Crippen LogP contribution in [0.15, 0.2) is 29.1 Å². The van der Waals surface area contributed by atoms with Gasteiger partial charge in [-0.1, -0.05) is 0 Å². The largest absolute Gasteiger partial charge is 0.497 e. The SMILES string of the molecule is COc1ccc(-c2cc(=O)[nH]c(=S)n2C[C@@H]2CCCNC2)c(OC)c1.Cl. The first-order valence-corrected chi connectivity index (χ1v) is 8.80. The highest BCUT2D eigenvalue weighted by atomic mass is 35.5. The third-order valence-electron chi connectivity index (χ3n) is 4.56. The highest BCUT2D eigenvalue weighted by Gasteiger charge is 2.18. The Morgan fingerprint density at radius 2 is 2.08 bits per heavy atom. The molecule has 2 heterocycles. The molecule has 1 atom stereocenters. The summed E-state index contributed by atoms with van der Waals surface area (Å²) in [4.78, 5) is 14.8. The molecule has 3 rings (SSSR count). The molecule has 1 aliphatic rings. The van der Waals surface area contributed by atoms with E-state index in [0.717, 1.165) is 43.7 Å². The van der Waals surface area contributed by atoms with Gasteiger partial charge in [0.25, 0.3) is 5.56 Å². The second kappa shape index (κ2) is 9.21. The van der Waals surface area contributed by atoms with E-state index < -0.39 is 0 Å². The number of benzene rings is 1. The van der Waals surface area contributed by atoms with E-state index in [-0.39, 0.29) is 18.0 Å². The average molecular weight is 398 g/mol. The molecule has 1 fully saturated rings. The van der Waals surface area contributed by atoms with E-state index in [2.05, 4.69) is 10.3 Å². The molecule has 0 radical (unpaired) electrons. The van der Waals surface area contributed by atoms with Crippen LogP contribution < -0.4 is 20.3 Å². The van der Waals surface area contributed by atoms with Crippen molar-refractivity contribution in [2.75, 3.05) is 27.3 Å². The van der Waals surface area contributed by atoms with E-state index in [4.69, 9.17) is 21.7 Å². The maximum Gasteiger partial charge on any atom is 0.252 e. The van der Waals surface area contributed by atoms with Gasteiger partial charge in [0, 0.05) is 24.2 Å². The third kappa shape index (κ3) is 4.47. The number of hydrogen-bond donors (Lipinski definition) is 2. The number of halogens is 1. The number of ether oxygens (including phenoxy) is 2. The predicted octanol–water partition coefficient (Wildman–Crippen LogP) is 3.01. The molecule has 0 spiro atoms. The first-order chi connectivity index (χ1) is 12.1. The summed E-state index contributed by atoms with van der Waals surface area (Å²) in [6.07, 6.45) is 2.30. The molecule has 1 aromatic heterocycles. The third-order valence-corrected chi connectivity index (χ3v) is 4.88. The van der Waals surface area contributed by atoms with Crippen LogP contribution in [0.5, 0.6) is 11.5 Å². The molecular formula is C18H24ClN3O3S. The van der Waals surface area contributed by atoms with Gasteiger partial charge >= 0.3 is 0 Å². The molecule has 26 heavy (non-hydrogen) atoms.